The number of hydrogen-bond donors (Lipinski definition) is 1. The van der Waals surface area contributed by atoms with E-state index in [4.69, 9.17) is 0 Å². The largest absolute Gasteiger partial charge is 0.479 e. The van der Waals surface area contributed by atoms with Gasteiger partial charge in [0.15, 0.2) is 0 Å². The molecule has 0 heterocycles. The van der Waals surface area contributed by atoms with E-state index < -0.39 is 11.5 Å². The van der Waals surface area contributed by atoms with Crippen LogP contribution < -0.4 is 0 Å². The Kier molecular flexibility index (Phi) is 4.54. The minimum absolute atomic E-state index is 0.164. The quantitative estimate of drug-likeness (QED) is 0.771. The van der Waals surface area contributed by atoms with Crippen LogP contribution >= 0.6 is 0 Å². The summed E-state index contributed by atoms with van der Waals surface area (Å²) in [6.45, 7) is 3.58. The lowest BCUT2D eigenvalue weighted by Crippen LogP contribution is -2.54. The Balaban J connectivity index is 2.92. The van der Waals surface area contributed by atoms with Gasteiger partial charge in [0.05, 0.1) is 0 Å². The number of carbonyl (C=O) groups excluding carboxylic acids is 1. The van der Waals surface area contributed by atoms with E-state index in [2.05, 4.69) is 6.92 Å². The van der Waals surface area contributed by atoms with Gasteiger partial charge in [-0.3, -0.25) is 4.79 Å². The predicted octanol–water partition coefficient (Wildman–Crippen LogP) is 2.28. The Hall–Kier alpha value is -1.06. The molecule has 2 atom stereocenters. The molecule has 1 N–H and O–H groups in total. The van der Waals surface area contributed by atoms with Gasteiger partial charge in [-0.1, -0.05) is 26.2 Å². The molecule has 4 heteroatoms. The van der Waals surface area contributed by atoms with E-state index in [-0.39, 0.29) is 5.91 Å². The number of hydrogen-bond acceptors (Lipinski definition) is 2. The maximum Gasteiger partial charge on any atom is 0.329 e. The van der Waals surface area contributed by atoms with Crippen molar-refractivity contribution in [2.75, 3.05) is 7.05 Å². The van der Waals surface area contributed by atoms with E-state index in [0.29, 0.717) is 18.8 Å². The maximum atomic E-state index is 11.6. The highest BCUT2D eigenvalue weighted by atomic mass is 16.4. The molecule has 0 aromatic carbocycles. The van der Waals surface area contributed by atoms with E-state index >= 15 is 0 Å². The van der Waals surface area contributed by atoms with Gasteiger partial charge in [0, 0.05) is 14.0 Å². The average molecular weight is 241 g/mol. The molecule has 0 aromatic rings. The van der Waals surface area contributed by atoms with Crippen LogP contribution in [0.5, 0.6) is 0 Å². The summed E-state index contributed by atoms with van der Waals surface area (Å²) in [7, 11) is 1.61. The Morgan fingerprint density at radius 2 is 2.00 bits per heavy atom. The number of aliphatic carboxylic acids is 1. The lowest BCUT2D eigenvalue weighted by atomic mass is 9.87. The predicted molar refractivity (Wildman–Crippen MR) is 65.7 cm³/mol. The van der Waals surface area contributed by atoms with Crippen LogP contribution in [0.4, 0.5) is 0 Å². The van der Waals surface area contributed by atoms with E-state index in [1.807, 2.05) is 0 Å². The lowest BCUT2D eigenvalue weighted by molar-refractivity contribution is -0.158. The smallest absolute Gasteiger partial charge is 0.329 e. The van der Waals surface area contributed by atoms with E-state index in [1.165, 1.54) is 11.8 Å². The molecule has 2 unspecified atom stereocenters. The highest BCUT2D eigenvalue weighted by Crippen LogP contribution is 2.35. The number of carboxylic acids is 1. The van der Waals surface area contributed by atoms with Gasteiger partial charge in [0.2, 0.25) is 5.91 Å². The third-order valence-corrected chi connectivity index (χ3v) is 4.26. The van der Waals surface area contributed by atoms with Crippen molar-refractivity contribution in [1.29, 1.82) is 0 Å². The first-order valence-corrected chi connectivity index (χ1v) is 6.42. The zero-order chi connectivity index (χ0) is 13.1. The van der Waals surface area contributed by atoms with Crippen LogP contribution in [-0.4, -0.2) is 34.5 Å². The first kappa shape index (κ1) is 14.0. The van der Waals surface area contributed by atoms with Gasteiger partial charge in [-0.15, -0.1) is 0 Å². The summed E-state index contributed by atoms with van der Waals surface area (Å²) in [5, 5.41) is 9.50. The standard InChI is InChI=1S/C13H23NO3/c1-4-11-6-5-8-13(9-7-11,12(16)17)14(3)10(2)15/h11H,4-9H2,1-3H3,(H,16,17). The summed E-state index contributed by atoms with van der Waals surface area (Å²) in [6.07, 6.45) is 5.13. The fourth-order valence-electron chi connectivity index (χ4n) is 2.80. The van der Waals surface area contributed by atoms with Crippen molar-refractivity contribution in [2.24, 2.45) is 5.92 Å². The van der Waals surface area contributed by atoms with Crippen molar-refractivity contribution in [3.05, 3.63) is 0 Å². The fourth-order valence-corrected chi connectivity index (χ4v) is 2.80. The summed E-state index contributed by atoms with van der Waals surface area (Å²) in [5.41, 5.74) is -0.976. The molecule has 17 heavy (non-hydrogen) atoms. The molecule has 1 aliphatic rings. The molecular weight excluding hydrogens is 218 g/mol. The molecule has 1 aliphatic carbocycles. The number of rotatable bonds is 3. The molecule has 1 amide bonds. The summed E-state index contributed by atoms with van der Waals surface area (Å²) in [5.74, 6) is -0.411. The molecule has 0 aromatic heterocycles. The first-order valence-electron chi connectivity index (χ1n) is 6.42. The monoisotopic (exact) mass is 241 g/mol. The number of carbonyl (C=O) groups is 2. The molecule has 1 fully saturated rings. The second-order valence-corrected chi connectivity index (χ2v) is 5.12. The molecule has 0 radical (unpaired) electrons. The van der Waals surface area contributed by atoms with Crippen molar-refractivity contribution in [3.63, 3.8) is 0 Å². The van der Waals surface area contributed by atoms with Gasteiger partial charge in [0.25, 0.3) is 0 Å². The third kappa shape index (κ3) is 2.79. The van der Waals surface area contributed by atoms with Crippen molar-refractivity contribution in [2.45, 2.75) is 57.9 Å². The fraction of sp³-hybridized carbons (Fsp3) is 0.846. The Morgan fingerprint density at radius 3 is 2.47 bits per heavy atom. The number of carboxylic acid groups (broad SMARTS) is 1. The van der Waals surface area contributed by atoms with Crippen molar-refractivity contribution < 1.29 is 14.7 Å². The Labute approximate surface area is 103 Å². The normalized spacial score (nSPS) is 29.5. The van der Waals surface area contributed by atoms with Crippen LogP contribution in [0.15, 0.2) is 0 Å². The number of nitrogens with zero attached hydrogens (tertiary/aromatic N) is 1. The average Bonchev–Trinajstić information content (AvgIpc) is 2.50. The van der Waals surface area contributed by atoms with Gasteiger partial charge < -0.3 is 10.0 Å². The zero-order valence-corrected chi connectivity index (χ0v) is 11.0. The molecule has 0 aliphatic heterocycles. The molecule has 0 saturated heterocycles. The van der Waals surface area contributed by atoms with Crippen molar-refractivity contribution in [3.8, 4) is 0 Å². The Bertz CT molecular complexity index is 303. The molecule has 98 valence electrons. The molecule has 1 saturated carbocycles. The minimum Gasteiger partial charge on any atom is -0.479 e. The van der Waals surface area contributed by atoms with Crippen molar-refractivity contribution >= 4 is 11.9 Å². The van der Waals surface area contributed by atoms with E-state index in [9.17, 15) is 14.7 Å². The molecular formula is C13H23NO3. The van der Waals surface area contributed by atoms with Crippen LogP contribution in [0.2, 0.25) is 0 Å². The van der Waals surface area contributed by atoms with Crippen molar-refractivity contribution in [1.82, 2.24) is 4.90 Å². The minimum atomic E-state index is -0.976. The number of likely N-dealkylation sites (N-methyl/N-ethyl adjacent to an activating group) is 1. The first-order chi connectivity index (χ1) is 7.94. The third-order valence-electron chi connectivity index (χ3n) is 4.26. The van der Waals surface area contributed by atoms with E-state index in [1.54, 1.807) is 7.05 Å². The number of amides is 1. The summed E-state index contributed by atoms with van der Waals surface area (Å²) < 4.78 is 0. The summed E-state index contributed by atoms with van der Waals surface area (Å²) >= 11 is 0. The van der Waals surface area contributed by atoms with E-state index in [0.717, 1.165) is 25.7 Å². The molecule has 4 nitrogen and oxygen atoms in total. The summed E-state index contributed by atoms with van der Waals surface area (Å²) in [4.78, 5) is 24.5. The second kappa shape index (κ2) is 5.52. The van der Waals surface area contributed by atoms with Crippen LogP contribution in [0.1, 0.15) is 52.4 Å². The zero-order valence-electron chi connectivity index (χ0n) is 11.0. The summed E-state index contributed by atoms with van der Waals surface area (Å²) in [6, 6.07) is 0. The van der Waals surface area contributed by atoms with Crippen LogP contribution in [0.25, 0.3) is 0 Å². The van der Waals surface area contributed by atoms with Gasteiger partial charge in [-0.25, -0.2) is 4.79 Å². The van der Waals surface area contributed by atoms with Gasteiger partial charge >= 0.3 is 5.97 Å². The van der Waals surface area contributed by atoms with Gasteiger partial charge in [-0.2, -0.15) is 0 Å². The van der Waals surface area contributed by atoms with Crippen LogP contribution in [0, 0.1) is 5.92 Å². The Morgan fingerprint density at radius 1 is 1.35 bits per heavy atom. The SMILES string of the molecule is CCC1CCCC(C(=O)O)(N(C)C(C)=O)CC1. The highest BCUT2D eigenvalue weighted by molar-refractivity contribution is 5.85. The lowest BCUT2D eigenvalue weighted by Gasteiger charge is -2.37. The molecule has 0 spiro atoms. The highest BCUT2D eigenvalue weighted by Gasteiger charge is 2.44. The van der Waals surface area contributed by atoms with Crippen LogP contribution in [0.3, 0.4) is 0 Å². The topological polar surface area (TPSA) is 57.6 Å². The maximum absolute atomic E-state index is 11.6. The van der Waals surface area contributed by atoms with Gasteiger partial charge in [-0.05, 0) is 25.2 Å². The van der Waals surface area contributed by atoms with Gasteiger partial charge in [0.1, 0.15) is 5.54 Å². The second-order valence-electron chi connectivity index (χ2n) is 5.12. The molecule has 0 bridgehead atoms. The van der Waals surface area contributed by atoms with Crippen LogP contribution in [-0.2, 0) is 9.59 Å². The molecule has 1 rings (SSSR count).